The minimum atomic E-state index is -0.233. The maximum atomic E-state index is 14.1. The van der Waals surface area contributed by atoms with Gasteiger partial charge in [-0.25, -0.2) is 4.39 Å². The first kappa shape index (κ1) is 16.0. The van der Waals surface area contributed by atoms with E-state index in [1.54, 1.807) is 30.6 Å². The van der Waals surface area contributed by atoms with Crippen LogP contribution in [0.1, 0.15) is 37.3 Å². The summed E-state index contributed by atoms with van der Waals surface area (Å²) in [7, 11) is 1.57. The van der Waals surface area contributed by atoms with E-state index in [0.717, 1.165) is 6.54 Å². The molecule has 0 radical (unpaired) electrons. The summed E-state index contributed by atoms with van der Waals surface area (Å²) in [5.41, 5.74) is 0.600. The van der Waals surface area contributed by atoms with E-state index in [9.17, 15) is 4.39 Å². The first-order valence-electron chi connectivity index (χ1n) is 7.05. The first-order chi connectivity index (χ1) is 9.95. The van der Waals surface area contributed by atoms with E-state index < -0.39 is 0 Å². The van der Waals surface area contributed by atoms with Crippen LogP contribution in [0, 0.1) is 5.82 Å². The van der Waals surface area contributed by atoms with Crippen LogP contribution in [0.4, 0.5) is 4.39 Å². The molecule has 4 heteroatoms. The van der Waals surface area contributed by atoms with E-state index in [0.29, 0.717) is 11.3 Å². The summed E-state index contributed by atoms with van der Waals surface area (Å²) in [6.07, 6.45) is 0. The molecule has 0 saturated carbocycles. The van der Waals surface area contributed by atoms with Gasteiger partial charge in [-0.2, -0.15) is 0 Å². The largest absolute Gasteiger partial charge is 0.496 e. The number of halogens is 1. The third-order valence-electron chi connectivity index (χ3n) is 3.70. The lowest BCUT2D eigenvalue weighted by Gasteiger charge is -2.27. The molecule has 0 amide bonds. The Morgan fingerprint density at radius 1 is 1.29 bits per heavy atom. The predicted octanol–water partition coefficient (Wildman–Crippen LogP) is 4.52. The molecule has 2 nitrogen and oxygen atoms in total. The molecule has 0 spiro atoms. The topological polar surface area (TPSA) is 21.3 Å². The lowest BCUT2D eigenvalue weighted by atomic mass is 9.91. The maximum absolute atomic E-state index is 14.1. The van der Waals surface area contributed by atoms with Crippen molar-refractivity contribution in [3.05, 3.63) is 52.0 Å². The number of ether oxygens (including phenoxy) is 1. The fraction of sp³-hybridized carbons (Fsp3) is 0.412. The lowest BCUT2D eigenvalue weighted by Crippen LogP contribution is -2.34. The summed E-state index contributed by atoms with van der Waals surface area (Å²) in [4.78, 5) is 1.32. The van der Waals surface area contributed by atoms with Crippen molar-refractivity contribution in [1.29, 1.82) is 0 Å². The number of methoxy groups -OCH3 is 1. The molecular formula is C17H22FNOS. The Kier molecular flexibility index (Phi) is 5.01. The summed E-state index contributed by atoms with van der Waals surface area (Å²) in [6, 6.07) is 9.02. The van der Waals surface area contributed by atoms with Gasteiger partial charge in [-0.3, -0.25) is 0 Å². The molecule has 2 rings (SSSR count). The Hall–Kier alpha value is -1.39. The molecule has 0 aliphatic rings. The third-order valence-corrected chi connectivity index (χ3v) is 4.94. The first-order valence-corrected chi connectivity index (χ1v) is 7.93. The second-order valence-corrected chi connectivity index (χ2v) is 6.77. The summed E-state index contributed by atoms with van der Waals surface area (Å²) >= 11 is 1.75. The van der Waals surface area contributed by atoms with Gasteiger partial charge in [0.05, 0.1) is 7.11 Å². The molecule has 1 atom stereocenters. The summed E-state index contributed by atoms with van der Waals surface area (Å²) in [6.45, 7) is 7.12. The fourth-order valence-electron chi connectivity index (χ4n) is 2.38. The highest BCUT2D eigenvalue weighted by atomic mass is 32.1. The molecule has 2 aromatic rings. The SMILES string of the molecule is COc1cccc(F)c1C(C)NCC(C)(C)c1cccs1. The summed E-state index contributed by atoms with van der Waals surface area (Å²) in [5, 5.41) is 5.51. The van der Waals surface area contributed by atoms with Crippen LogP contribution in [-0.2, 0) is 5.41 Å². The van der Waals surface area contributed by atoms with Crippen molar-refractivity contribution in [2.24, 2.45) is 0 Å². The van der Waals surface area contributed by atoms with Gasteiger partial charge in [-0.05, 0) is 30.5 Å². The molecule has 0 bridgehead atoms. The van der Waals surface area contributed by atoms with Crippen molar-refractivity contribution in [3.8, 4) is 5.75 Å². The molecule has 1 heterocycles. The monoisotopic (exact) mass is 307 g/mol. The van der Waals surface area contributed by atoms with Gasteiger partial charge in [0.2, 0.25) is 0 Å². The van der Waals surface area contributed by atoms with Crippen molar-refractivity contribution < 1.29 is 9.13 Å². The number of thiophene rings is 1. The lowest BCUT2D eigenvalue weighted by molar-refractivity contribution is 0.383. The van der Waals surface area contributed by atoms with Crippen LogP contribution < -0.4 is 10.1 Å². The van der Waals surface area contributed by atoms with Crippen LogP contribution in [-0.4, -0.2) is 13.7 Å². The van der Waals surface area contributed by atoms with Gasteiger partial charge in [-0.1, -0.05) is 26.0 Å². The molecule has 1 aromatic heterocycles. The smallest absolute Gasteiger partial charge is 0.131 e. The van der Waals surface area contributed by atoms with Crippen LogP contribution in [0.25, 0.3) is 0 Å². The van der Waals surface area contributed by atoms with E-state index in [-0.39, 0.29) is 17.3 Å². The third kappa shape index (κ3) is 3.63. The van der Waals surface area contributed by atoms with Crippen molar-refractivity contribution in [1.82, 2.24) is 5.32 Å². The quantitative estimate of drug-likeness (QED) is 0.847. The molecule has 1 N–H and O–H groups in total. The molecule has 0 saturated heterocycles. The highest BCUT2D eigenvalue weighted by Crippen LogP contribution is 2.30. The zero-order chi connectivity index (χ0) is 15.5. The Morgan fingerprint density at radius 2 is 2.05 bits per heavy atom. The van der Waals surface area contributed by atoms with Crippen LogP contribution in [0.5, 0.6) is 5.75 Å². The van der Waals surface area contributed by atoms with E-state index in [2.05, 4.69) is 36.7 Å². The number of hydrogen-bond donors (Lipinski definition) is 1. The number of nitrogens with one attached hydrogen (secondary N) is 1. The zero-order valence-corrected chi connectivity index (χ0v) is 13.8. The summed E-state index contributed by atoms with van der Waals surface area (Å²) < 4.78 is 19.3. The van der Waals surface area contributed by atoms with Crippen LogP contribution in [0.3, 0.4) is 0 Å². The second-order valence-electron chi connectivity index (χ2n) is 5.82. The van der Waals surface area contributed by atoms with Gasteiger partial charge < -0.3 is 10.1 Å². The predicted molar refractivity (Wildman–Crippen MR) is 86.7 cm³/mol. The molecule has 1 aromatic carbocycles. The van der Waals surface area contributed by atoms with Crippen LogP contribution >= 0.6 is 11.3 Å². The highest BCUT2D eigenvalue weighted by Gasteiger charge is 2.24. The van der Waals surface area contributed by atoms with Crippen molar-refractivity contribution in [3.63, 3.8) is 0 Å². The van der Waals surface area contributed by atoms with Gasteiger partial charge >= 0.3 is 0 Å². The molecule has 1 unspecified atom stereocenters. The van der Waals surface area contributed by atoms with E-state index >= 15 is 0 Å². The van der Waals surface area contributed by atoms with Gasteiger partial charge in [0.25, 0.3) is 0 Å². The fourth-order valence-corrected chi connectivity index (χ4v) is 3.23. The number of hydrogen-bond acceptors (Lipinski definition) is 3. The van der Waals surface area contributed by atoms with Crippen molar-refractivity contribution in [2.75, 3.05) is 13.7 Å². The van der Waals surface area contributed by atoms with Gasteiger partial charge in [-0.15, -0.1) is 11.3 Å². The Labute approximate surface area is 130 Å². The normalized spacial score (nSPS) is 13.2. The Bertz CT molecular complexity index is 580. The molecule has 0 aliphatic carbocycles. The second kappa shape index (κ2) is 6.58. The Balaban J connectivity index is 2.11. The highest BCUT2D eigenvalue weighted by molar-refractivity contribution is 7.10. The maximum Gasteiger partial charge on any atom is 0.131 e. The van der Waals surface area contributed by atoms with Gasteiger partial charge in [0.15, 0.2) is 0 Å². The average Bonchev–Trinajstić information content (AvgIpc) is 2.99. The molecule has 0 aliphatic heterocycles. The van der Waals surface area contributed by atoms with Crippen molar-refractivity contribution in [2.45, 2.75) is 32.2 Å². The number of benzene rings is 1. The molecule has 114 valence electrons. The molecule has 21 heavy (non-hydrogen) atoms. The van der Waals surface area contributed by atoms with E-state index in [1.807, 2.05) is 6.92 Å². The standard InChI is InChI=1S/C17H22FNOS/c1-12(16-13(18)7-5-8-14(16)20-4)19-11-17(2,3)15-9-6-10-21-15/h5-10,12,19H,11H2,1-4H3. The minimum Gasteiger partial charge on any atom is -0.496 e. The molecule has 0 fully saturated rings. The zero-order valence-electron chi connectivity index (χ0n) is 12.9. The number of rotatable bonds is 6. The van der Waals surface area contributed by atoms with Crippen molar-refractivity contribution >= 4 is 11.3 Å². The van der Waals surface area contributed by atoms with E-state index in [1.165, 1.54) is 10.9 Å². The van der Waals surface area contributed by atoms with E-state index in [4.69, 9.17) is 4.74 Å². The molecular weight excluding hydrogens is 285 g/mol. The average molecular weight is 307 g/mol. The van der Waals surface area contributed by atoms with Gasteiger partial charge in [0.1, 0.15) is 11.6 Å². The minimum absolute atomic E-state index is 0.0148. The van der Waals surface area contributed by atoms with Crippen LogP contribution in [0.15, 0.2) is 35.7 Å². The van der Waals surface area contributed by atoms with Crippen LogP contribution in [0.2, 0.25) is 0 Å². The van der Waals surface area contributed by atoms with Gasteiger partial charge in [0, 0.05) is 28.4 Å². The summed E-state index contributed by atoms with van der Waals surface area (Å²) in [5.74, 6) is 0.354. The Morgan fingerprint density at radius 3 is 2.67 bits per heavy atom.